The van der Waals surface area contributed by atoms with Crippen LogP contribution in [-0.4, -0.2) is 9.78 Å². The Labute approximate surface area is 120 Å². The minimum absolute atomic E-state index is 0.613. The highest BCUT2D eigenvalue weighted by Gasteiger charge is 2.14. The standard InChI is InChI=1S/C13H16IN3O/c1-3-8-17-13(12(15)9(2)16-17)18-11-6-4-10(14)5-7-11/h4-7H,3,8,15H2,1-2H3. The number of rotatable bonds is 4. The van der Waals surface area contributed by atoms with E-state index in [4.69, 9.17) is 10.5 Å². The predicted molar refractivity (Wildman–Crippen MR) is 80.9 cm³/mol. The summed E-state index contributed by atoms with van der Waals surface area (Å²) in [5.41, 5.74) is 7.42. The van der Waals surface area contributed by atoms with Gasteiger partial charge in [-0.1, -0.05) is 6.92 Å². The Morgan fingerprint density at radius 1 is 1.33 bits per heavy atom. The average Bonchev–Trinajstić information content (AvgIpc) is 2.60. The number of nitrogens with zero attached hydrogens (tertiary/aromatic N) is 2. The van der Waals surface area contributed by atoms with Crippen molar-refractivity contribution in [2.45, 2.75) is 26.8 Å². The van der Waals surface area contributed by atoms with E-state index < -0.39 is 0 Å². The zero-order chi connectivity index (χ0) is 13.1. The smallest absolute Gasteiger partial charge is 0.241 e. The maximum atomic E-state index is 6.00. The van der Waals surface area contributed by atoms with E-state index in [1.54, 1.807) is 0 Å². The molecule has 1 aromatic heterocycles. The van der Waals surface area contributed by atoms with Crippen molar-refractivity contribution >= 4 is 28.3 Å². The zero-order valence-electron chi connectivity index (χ0n) is 10.5. The maximum absolute atomic E-state index is 6.00. The summed E-state index contributed by atoms with van der Waals surface area (Å²) in [6, 6.07) is 7.86. The third kappa shape index (κ3) is 2.77. The molecule has 18 heavy (non-hydrogen) atoms. The molecular weight excluding hydrogens is 341 g/mol. The Bertz CT molecular complexity index is 534. The van der Waals surface area contributed by atoms with Crippen LogP contribution in [0.5, 0.6) is 11.6 Å². The van der Waals surface area contributed by atoms with Crippen molar-refractivity contribution in [1.82, 2.24) is 9.78 Å². The molecule has 0 fully saturated rings. The monoisotopic (exact) mass is 357 g/mol. The molecule has 96 valence electrons. The molecule has 0 spiro atoms. The average molecular weight is 357 g/mol. The summed E-state index contributed by atoms with van der Waals surface area (Å²) in [6.45, 7) is 4.79. The molecule has 0 saturated heterocycles. The van der Waals surface area contributed by atoms with Crippen molar-refractivity contribution in [2.24, 2.45) is 0 Å². The molecule has 1 aromatic carbocycles. The van der Waals surface area contributed by atoms with Gasteiger partial charge in [-0.3, -0.25) is 0 Å². The summed E-state index contributed by atoms with van der Waals surface area (Å²) < 4.78 is 8.84. The van der Waals surface area contributed by atoms with Crippen LogP contribution in [0.2, 0.25) is 0 Å². The van der Waals surface area contributed by atoms with Gasteiger partial charge in [-0.05, 0) is 60.2 Å². The number of hydrogen-bond acceptors (Lipinski definition) is 3. The number of aromatic nitrogens is 2. The SMILES string of the molecule is CCCn1nc(C)c(N)c1Oc1ccc(I)cc1. The number of aryl methyl sites for hydroxylation is 2. The largest absolute Gasteiger partial charge is 0.437 e. The fourth-order valence-corrected chi connectivity index (χ4v) is 2.02. The van der Waals surface area contributed by atoms with Gasteiger partial charge >= 0.3 is 0 Å². The molecule has 0 amide bonds. The number of halogens is 1. The molecule has 2 N–H and O–H groups in total. The van der Waals surface area contributed by atoms with Gasteiger partial charge in [0.15, 0.2) is 0 Å². The highest BCUT2D eigenvalue weighted by Crippen LogP contribution is 2.30. The molecule has 0 atom stereocenters. The van der Waals surface area contributed by atoms with Crippen LogP contribution in [0.4, 0.5) is 5.69 Å². The zero-order valence-corrected chi connectivity index (χ0v) is 12.6. The second-order valence-electron chi connectivity index (χ2n) is 4.08. The van der Waals surface area contributed by atoms with Gasteiger partial charge in [0, 0.05) is 10.1 Å². The molecule has 0 saturated carbocycles. The predicted octanol–water partition coefficient (Wildman–Crippen LogP) is 3.58. The Balaban J connectivity index is 2.30. The molecule has 0 radical (unpaired) electrons. The topological polar surface area (TPSA) is 53.1 Å². The van der Waals surface area contributed by atoms with Gasteiger partial charge in [0.25, 0.3) is 0 Å². The van der Waals surface area contributed by atoms with Gasteiger partial charge in [0.1, 0.15) is 11.4 Å². The van der Waals surface area contributed by atoms with E-state index in [1.165, 1.54) is 3.57 Å². The van der Waals surface area contributed by atoms with E-state index in [0.717, 1.165) is 24.4 Å². The molecule has 0 unspecified atom stereocenters. The highest BCUT2D eigenvalue weighted by molar-refractivity contribution is 14.1. The molecule has 0 bridgehead atoms. The lowest BCUT2D eigenvalue weighted by atomic mass is 10.3. The molecule has 2 rings (SSSR count). The van der Waals surface area contributed by atoms with Crippen LogP contribution >= 0.6 is 22.6 Å². The van der Waals surface area contributed by atoms with E-state index in [-0.39, 0.29) is 0 Å². The lowest BCUT2D eigenvalue weighted by molar-refractivity contribution is 0.410. The van der Waals surface area contributed by atoms with Crippen molar-refractivity contribution in [3.05, 3.63) is 33.5 Å². The number of ether oxygens (including phenoxy) is 1. The lowest BCUT2D eigenvalue weighted by Gasteiger charge is -2.09. The van der Waals surface area contributed by atoms with E-state index in [9.17, 15) is 0 Å². The summed E-state index contributed by atoms with van der Waals surface area (Å²) in [7, 11) is 0. The maximum Gasteiger partial charge on any atom is 0.241 e. The van der Waals surface area contributed by atoms with Crippen molar-refractivity contribution in [2.75, 3.05) is 5.73 Å². The van der Waals surface area contributed by atoms with Gasteiger partial charge in [0.2, 0.25) is 5.88 Å². The number of hydrogen-bond donors (Lipinski definition) is 1. The van der Waals surface area contributed by atoms with Crippen LogP contribution in [0.3, 0.4) is 0 Å². The van der Waals surface area contributed by atoms with E-state index >= 15 is 0 Å². The normalized spacial score (nSPS) is 10.6. The number of anilines is 1. The van der Waals surface area contributed by atoms with Crippen LogP contribution in [0.1, 0.15) is 19.0 Å². The van der Waals surface area contributed by atoms with Gasteiger partial charge in [-0.2, -0.15) is 5.10 Å². The van der Waals surface area contributed by atoms with E-state index in [0.29, 0.717) is 11.6 Å². The Hall–Kier alpha value is -1.24. The van der Waals surface area contributed by atoms with Gasteiger partial charge in [-0.15, -0.1) is 0 Å². The molecule has 0 aliphatic carbocycles. The molecule has 2 aromatic rings. The van der Waals surface area contributed by atoms with Gasteiger partial charge in [0.05, 0.1) is 5.69 Å². The molecule has 4 nitrogen and oxygen atoms in total. The second-order valence-corrected chi connectivity index (χ2v) is 5.33. The van der Waals surface area contributed by atoms with Crippen LogP contribution in [0, 0.1) is 10.5 Å². The second kappa shape index (κ2) is 5.60. The Kier molecular flexibility index (Phi) is 4.11. The van der Waals surface area contributed by atoms with E-state index in [1.807, 2.05) is 35.9 Å². The number of nitrogen functional groups attached to an aromatic ring is 1. The molecule has 0 aliphatic heterocycles. The van der Waals surface area contributed by atoms with Crippen molar-refractivity contribution in [1.29, 1.82) is 0 Å². The minimum atomic E-state index is 0.613. The van der Waals surface area contributed by atoms with Crippen molar-refractivity contribution in [3.63, 3.8) is 0 Å². The molecule has 0 aliphatic rings. The summed E-state index contributed by atoms with van der Waals surface area (Å²) in [5.74, 6) is 1.41. The summed E-state index contributed by atoms with van der Waals surface area (Å²) in [5, 5.41) is 4.38. The van der Waals surface area contributed by atoms with Crippen molar-refractivity contribution < 1.29 is 4.74 Å². The van der Waals surface area contributed by atoms with Crippen molar-refractivity contribution in [3.8, 4) is 11.6 Å². The third-order valence-electron chi connectivity index (χ3n) is 2.59. The summed E-state index contributed by atoms with van der Waals surface area (Å²) in [6.07, 6.45) is 0.990. The first-order valence-corrected chi connectivity index (χ1v) is 6.96. The van der Waals surface area contributed by atoms with Crippen LogP contribution in [0.25, 0.3) is 0 Å². The van der Waals surface area contributed by atoms with Crippen LogP contribution in [0.15, 0.2) is 24.3 Å². The summed E-state index contributed by atoms with van der Waals surface area (Å²) in [4.78, 5) is 0. The fraction of sp³-hybridized carbons (Fsp3) is 0.308. The first-order chi connectivity index (χ1) is 8.61. The quantitative estimate of drug-likeness (QED) is 0.851. The van der Waals surface area contributed by atoms with Gasteiger partial charge < -0.3 is 10.5 Å². The fourth-order valence-electron chi connectivity index (χ4n) is 1.66. The molecule has 1 heterocycles. The number of benzene rings is 1. The number of nitrogens with two attached hydrogens (primary N) is 1. The third-order valence-corrected chi connectivity index (χ3v) is 3.31. The molecule has 5 heteroatoms. The van der Waals surface area contributed by atoms with E-state index in [2.05, 4.69) is 34.6 Å². The first-order valence-electron chi connectivity index (χ1n) is 5.88. The Morgan fingerprint density at radius 3 is 2.61 bits per heavy atom. The van der Waals surface area contributed by atoms with Gasteiger partial charge in [-0.25, -0.2) is 4.68 Å². The minimum Gasteiger partial charge on any atom is -0.437 e. The first kappa shape index (κ1) is 13.2. The van der Waals surface area contributed by atoms with Crippen LogP contribution in [-0.2, 0) is 6.54 Å². The lowest BCUT2D eigenvalue weighted by Crippen LogP contribution is -2.02. The molecular formula is C13H16IN3O. The van der Waals surface area contributed by atoms with Crippen LogP contribution < -0.4 is 10.5 Å². The highest BCUT2D eigenvalue weighted by atomic mass is 127. The Morgan fingerprint density at radius 2 is 2.00 bits per heavy atom. The summed E-state index contributed by atoms with van der Waals surface area (Å²) >= 11 is 2.26.